The Morgan fingerprint density at radius 2 is 2.33 bits per heavy atom. The first-order valence-electron chi connectivity index (χ1n) is 7.20. The molecule has 2 unspecified atom stereocenters. The normalized spacial score (nSPS) is 21.6. The molecule has 0 amide bonds. The Kier molecular flexibility index (Phi) is 4.89. The van der Waals surface area contributed by atoms with E-state index >= 15 is 0 Å². The van der Waals surface area contributed by atoms with Crippen LogP contribution in [0.3, 0.4) is 0 Å². The van der Waals surface area contributed by atoms with Crippen LogP contribution in [0, 0.1) is 16.0 Å². The van der Waals surface area contributed by atoms with Gasteiger partial charge in [-0.15, -0.1) is 0 Å². The van der Waals surface area contributed by atoms with Gasteiger partial charge in [-0.25, -0.2) is 9.97 Å². The number of nitro groups is 1. The zero-order valence-corrected chi connectivity index (χ0v) is 12.3. The van der Waals surface area contributed by atoms with Crippen LogP contribution in [0.2, 0.25) is 0 Å². The summed E-state index contributed by atoms with van der Waals surface area (Å²) in [6, 6.07) is -0.141. The van der Waals surface area contributed by atoms with Gasteiger partial charge in [-0.05, 0) is 18.8 Å². The zero-order valence-electron chi connectivity index (χ0n) is 12.3. The molecule has 8 nitrogen and oxygen atoms in total. The van der Waals surface area contributed by atoms with Gasteiger partial charge in [-0.2, -0.15) is 0 Å². The van der Waals surface area contributed by atoms with E-state index in [1.165, 1.54) is 6.33 Å². The second kappa shape index (κ2) is 6.66. The first-order valence-corrected chi connectivity index (χ1v) is 7.20. The maximum absolute atomic E-state index is 11.4. The number of anilines is 2. The smallest absolute Gasteiger partial charge is 0.353 e. The lowest BCUT2D eigenvalue weighted by Crippen LogP contribution is -2.36. The molecule has 1 aliphatic heterocycles. The molecule has 0 radical (unpaired) electrons. The van der Waals surface area contributed by atoms with E-state index in [4.69, 9.17) is 0 Å². The van der Waals surface area contributed by atoms with Crippen LogP contribution in [0.25, 0.3) is 0 Å². The molecular weight excluding hydrogens is 274 g/mol. The van der Waals surface area contributed by atoms with Crippen molar-refractivity contribution in [2.75, 3.05) is 29.9 Å². The Hall–Kier alpha value is -1.96. The fraction of sp³-hybridized carbons (Fsp3) is 0.692. The van der Waals surface area contributed by atoms with Gasteiger partial charge in [-0.3, -0.25) is 10.1 Å². The Bertz CT molecular complexity index is 511. The molecule has 0 aromatic carbocycles. The summed E-state index contributed by atoms with van der Waals surface area (Å²) in [5.41, 5.74) is -0.112. The van der Waals surface area contributed by atoms with Crippen LogP contribution in [-0.2, 0) is 0 Å². The highest BCUT2D eigenvalue weighted by Crippen LogP contribution is 2.37. The number of rotatable bonds is 6. The summed E-state index contributed by atoms with van der Waals surface area (Å²) in [5.74, 6) is 0.803. The van der Waals surface area contributed by atoms with E-state index < -0.39 is 4.92 Å². The number of nitrogens with one attached hydrogen (secondary N) is 1. The third-order valence-corrected chi connectivity index (χ3v) is 3.87. The molecule has 0 bridgehead atoms. The van der Waals surface area contributed by atoms with Crippen LogP contribution >= 0.6 is 0 Å². The highest BCUT2D eigenvalue weighted by atomic mass is 16.6. The molecule has 0 spiro atoms. The van der Waals surface area contributed by atoms with E-state index in [0.29, 0.717) is 13.1 Å². The van der Waals surface area contributed by atoms with Crippen molar-refractivity contribution < 1.29 is 10.0 Å². The monoisotopic (exact) mass is 295 g/mol. The van der Waals surface area contributed by atoms with Crippen LogP contribution in [-0.4, -0.2) is 45.7 Å². The molecular formula is C13H21N5O3. The molecule has 1 aliphatic rings. The van der Waals surface area contributed by atoms with Gasteiger partial charge in [0.15, 0.2) is 0 Å². The van der Waals surface area contributed by atoms with Crippen LogP contribution in [0.4, 0.5) is 17.3 Å². The lowest BCUT2D eigenvalue weighted by atomic mass is 10.0. The molecule has 2 heterocycles. The standard InChI is InChI=1S/C13H21N5O3/c1-3-5-14-12-11(18(20)21)13(16-8-15-12)17-6-4-9(2)10(17)7-19/h8-10,19H,3-7H2,1-2H3,(H,14,15,16). The largest absolute Gasteiger partial charge is 0.394 e. The van der Waals surface area contributed by atoms with Gasteiger partial charge in [0.05, 0.1) is 17.6 Å². The Morgan fingerprint density at radius 1 is 1.57 bits per heavy atom. The van der Waals surface area contributed by atoms with Crippen LogP contribution in [0.15, 0.2) is 6.33 Å². The van der Waals surface area contributed by atoms with Crippen molar-refractivity contribution in [1.82, 2.24) is 9.97 Å². The van der Waals surface area contributed by atoms with Crippen molar-refractivity contribution in [2.45, 2.75) is 32.7 Å². The number of aliphatic hydroxyl groups excluding tert-OH is 1. The van der Waals surface area contributed by atoms with E-state index in [9.17, 15) is 15.2 Å². The van der Waals surface area contributed by atoms with Crippen molar-refractivity contribution in [3.05, 3.63) is 16.4 Å². The molecule has 116 valence electrons. The number of hydrogen-bond acceptors (Lipinski definition) is 7. The minimum absolute atomic E-state index is 0.0416. The SMILES string of the molecule is CCCNc1ncnc(N2CCC(C)C2CO)c1[N+](=O)[O-]. The van der Waals surface area contributed by atoms with Crippen molar-refractivity contribution >= 4 is 17.3 Å². The second-order valence-corrected chi connectivity index (χ2v) is 5.29. The molecule has 0 saturated carbocycles. The summed E-state index contributed by atoms with van der Waals surface area (Å²) in [6.07, 6.45) is 3.05. The highest BCUT2D eigenvalue weighted by Gasteiger charge is 2.36. The fourth-order valence-corrected chi connectivity index (χ4v) is 2.67. The van der Waals surface area contributed by atoms with Crippen molar-refractivity contribution in [1.29, 1.82) is 0 Å². The topological polar surface area (TPSA) is 104 Å². The molecule has 1 saturated heterocycles. The third kappa shape index (κ3) is 3.05. The Balaban J connectivity index is 2.41. The lowest BCUT2D eigenvalue weighted by molar-refractivity contribution is -0.383. The number of hydrogen-bond donors (Lipinski definition) is 2. The molecule has 0 aliphatic carbocycles. The average molecular weight is 295 g/mol. The first-order chi connectivity index (χ1) is 10.1. The highest BCUT2D eigenvalue weighted by molar-refractivity contribution is 5.70. The number of aromatic nitrogens is 2. The summed E-state index contributed by atoms with van der Waals surface area (Å²) in [5, 5.41) is 23.9. The fourth-order valence-electron chi connectivity index (χ4n) is 2.67. The molecule has 1 aromatic rings. The first kappa shape index (κ1) is 15.4. The van der Waals surface area contributed by atoms with Gasteiger partial charge in [0, 0.05) is 13.1 Å². The maximum atomic E-state index is 11.4. The molecule has 1 fully saturated rings. The average Bonchev–Trinajstić information content (AvgIpc) is 2.85. The molecule has 2 rings (SSSR count). The minimum Gasteiger partial charge on any atom is -0.394 e. The Labute approximate surface area is 123 Å². The van der Waals surface area contributed by atoms with Crippen molar-refractivity contribution in [3.8, 4) is 0 Å². The summed E-state index contributed by atoms with van der Waals surface area (Å²) in [4.78, 5) is 20.9. The van der Waals surface area contributed by atoms with E-state index in [0.717, 1.165) is 12.8 Å². The summed E-state index contributed by atoms with van der Waals surface area (Å²) < 4.78 is 0. The molecule has 1 aromatic heterocycles. The molecule has 8 heteroatoms. The van der Waals surface area contributed by atoms with E-state index in [-0.39, 0.29) is 35.9 Å². The van der Waals surface area contributed by atoms with Crippen molar-refractivity contribution in [2.24, 2.45) is 5.92 Å². The lowest BCUT2D eigenvalue weighted by Gasteiger charge is -2.26. The van der Waals surface area contributed by atoms with Gasteiger partial charge in [0.2, 0.25) is 11.6 Å². The predicted octanol–water partition coefficient (Wildman–Crippen LogP) is 1.41. The van der Waals surface area contributed by atoms with Crippen LogP contribution in [0.5, 0.6) is 0 Å². The van der Waals surface area contributed by atoms with Crippen LogP contribution < -0.4 is 10.2 Å². The summed E-state index contributed by atoms with van der Waals surface area (Å²) in [6.45, 7) is 5.23. The molecule has 2 atom stereocenters. The second-order valence-electron chi connectivity index (χ2n) is 5.29. The Morgan fingerprint density at radius 3 is 2.95 bits per heavy atom. The van der Waals surface area contributed by atoms with E-state index in [2.05, 4.69) is 15.3 Å². The van der Waals surface area contributed by atoms with Gasteiger partial charge < -0.3 is 15.3 Å². The predicted molar refractivity (Wildman–Crippen MR) is 79.5 cm³/mol. The minimum atomic E-state index is -0.454. The number of nitrogens with zero attached hydrogens (tertiary/aromatic N) is 4. The molecule has 2 N–H and O–H groups in total. The summed E-state index contributed by atoms with van der Waals surface area (Å²) in [7, 11) is 0. The molecule has 21 heavy (non-hydrogen) atoms. The zero-order chi connectivity index (χ0) is 15.4. The van der Waals surface area contributed by atoms with Gasteiger partial charge in [0.25, 0.3) is 0 Å². The summed E-state index contributed by atoms with van der Waals surface area (Å²) >= 11 is 0. The maximum Gasteiger partial charge on any atom is 0.353 e. The van der Waals surface area contributed by atoms with Crippen LogP contribution in [0.1, 0.15) is 26.7 Å². The third-order valence-electron chi connectivity index (χ3n) is 3.87. The van der Waals surface area contributed by atoms with E-state index in [1.54, 1.807) is 0 Å². The number of aliphatic hydroxyl groups is 1. The van der Waals surface area contributed by atoms with Gasteiger partial charge >= 0.3 is 5.69 Å². The van der Waals surface area contributed by atoms with Gasteiger partial charge in [0.1, 0.15) is 6.33 Å². The quantitative estimate of drug-likeness (QED) is 0.604. The van der Waals surface area contributed by atoms with Gasteiger partial charge in [-0.1, -0.05) is 13.8 Å². The van der Waals surface area contributed by atoms with Crippen molar-refractivity contribution in [3.63, 3.8) is 0 Å². The van der Waals surface area contributed by atoms with E-state index in [1.807, 2.05) is 18.7 Å².